The quantitative estimate of drug-likeness (QED) is 0.266. The maximum absolute atomic E-state index is 12.5. The van der Waals surface area contributed by atoms with Gasteiger partial charge in [0.1, 0.15) is 21.9 Å². The number of anilines is 1. The normalized spacial score (nSPS) is 10.8. The van der Waals surface area contributed by atoms with Crippen molar-refractivity contribution in [2.45, 2.75) is 6.92 Å². The number of benzene rings is 2. The number of amides is 1. The molecule has 0 aliphatic carbocycles. The smallest absolute Gasteiger partial charge is 0.341 e. The largest absolute Gasteiger partial charge is 0.484 e. The predicted molar refractivity (Wildman–Crippen MR) is 130 cm³/mol. The molecule has 2 heterocycles. The number of thiophene rings is 1. The van der Waals surface area contributed by atoms with Crippen molar-refractivity contribution < 1.29 is 23.5 Å². The Bertz CT molecular complexity index is 1410. The molecule has 2 aromatic heterocycles. The van der Waals surface area contributed by atoms with Crippen LogP contribution < -0.4 is 15.7 Å². The lowest BCUT2D eigenvalue weighted by atomic mass is 10.0. The van der Waals surface area contributed by atoms with Gasteiger partial charge < -0.3 is 19.2 Å². The summed E-state index contributed by atoms with van der Waals surface area (Å²) < 4.78 is 16.6. The van der Waals surface area contributed by atoms with Crippen LogP contribution in [0.5, 0.6) is 5.75 Å². The summed E-state index contributed by atoms with van der Waals surface area (Å²) in [5.74, 6) is -0.623. The highest BCUT2D eigenvalue weighted by Crippen LogP contribution is 2.36. The van der Waals surface area contributed by atoms with E-state index < -0.39 is 17.5 Å². The van der Waals surface area contributed by atoms with Gasteiger partial charge >= 0.3 is 11.6 Å². The van der Waals surface area contributed by atoms with Crippen LogP contribution in [-0.4, -0.2) is 25.6 Å². The first-order valence-electron chi connectivity index (χ1n) is 9.78. The maximum atomic E-state index is 12.5. The second-order valence-electron chi connectivity index (χ2n) is 7.10. The number of nitrogens with one attached hydrogen (secondary N) is 1. The van der Waals surface area contributed by atoms with Gasteiger partial charge in [0.05, 0.1) is 7.11 Å². The molecule has 2 aromatic carbocycles. The maximum Gasteiger partial charge on any atom is 0.341 e. The van der Waals surface area contributed by atoms with Gasteiger partial charge in [-0.1, -0.05) is 28.1 Å². The second kappa shape index (κ2) is 9.60. The Labute approximate surface area is 201 Å². The van der Waals surface area contributed by atoms with Crippen molar-refractivity contribution in [3.05, 3.63) is 79.9 Å². The molecule has 9 heteroatoms. The zero-order valence-electron chi connectivity index (χ0n) is 17.6. The van der Waals surface area contributed by atoms with E-state index in [1.54, 1.807) is 23.6 Å². The molecule has 0 atom stereocenters. The molecule has 0 saturated heterocycles. The van der Waals surface area contributed by atoms with Crippen molar-refractivity contribution in [2.75, 3.05) is 19.0 Å². The van der Waals surface area contributed by atoms with E-state index in [0.717, 1.165) is 21.0 Å². The van der Waals surface area contributed by atoms with Crippen LogP contribution in [0.4, 0.5) is 5.00 Å². The van der Waals surface area contributed by atoms with Crippen molar-refractivity contribution in [3.8, 4) is 16.9 Å². The highest BCUT2D eigenvalue weighted by Gasteiger charge is 2.22. The molecule has 4 aromatic rings. The van der Waals surface area contributed by atoms with Gasteiger partial charge in [-0.2, -0.15) is 0 Å². The van der Waals surface area contributed by atoms with Gasteiger partial charge in [0.15, 0.2) is 6.61 Å². The molecule has 0 unspecified atom stereocenters. The fourth-order valence-corrected chi connectivity index (χ4v) is 4.54. The van der Waals surface area contributed by atoms with E-state index in [1.807, 2.05) is 31.2 Å². The number of carbonyl (C=O) groups is 2. The number of fused-ring (bicyclic) bond motifs is 1. The Hall–Kier alpha value is -3.43. The summed E-state index contributed by atoms with van der Waals surface area (Å²) in [5, 5.41) is 5.67. The topological polar surface area (TPSA) is 94.8 Å². The van der Waals surface area contributed by atoms with Crippen LogP contribution in [0.3, 0.4) is 0 Å². The SMILES string of the molecule is COC(=O)c1c(-c2ccc(Br)cc2)csc1NC(=O)COc1ccc2c(C)cc(=O)oc2c1. The molecular formula is C24H18BrNO6S. The standard InChI is InChI=1S/C24H18BrNO6S/c1-13-9-21(28)32-19-10-16(7-8-17(13)19)31-11-20(27)26-23-22(24(29)30-2)18(12-33-23)14-3-5-15(25)6-4-14/h3-10,12H,11H2,1-2H3,(H,26,27). The molecule has 0 bridgehead atoms. The molecule has 4 rings (SSSR count). The minimum atomic E-state index is -0.551. The third-order valence-electron chi connectivity index (χ3n) is 4.88. The summed E-state index contributed by atoms with van der Waals surface area (Å²) in [4.78, 5) is 36.6. The van der Waals surface area contributed by atoms with Crippen LogP contribution in [0.15, 0.2) is 67.6 Å². The number of methoxy groups -OCH3 is 1. The van der Waals surface area contributed by atoms with Gasteiger partial charge in [0.2, 0.25) is 0 Å². The monoisotopic (exact) mass is 527 g/mol. The lowest BCUT2D eigenvalue weighted by Gasteiger charge is -2.09. The summed E-state index contributed by atoms with van der Waals surface area (Å²) in [6.07, 6.45) is 0. The number of esters is 1. The molecule has 0 radical (unpaired) electrons. The van der Waals surface area contributed by atoms with E-state index in [-0.39, 0.29) is 12.2 Å². The molecule has 1 N–H and O–H groups in total. The summed E-state index contributed by atoms with van der Waals surface area (Å²) >= 11 is 4.62. The van der Waals surface area contributed by atoms with Crippen molar-refractivity contribution in [2.24, 2.45) is 0 Å². The number of hydrogen-bond acceptors (Lipinski definition) is 7. The highest BCUT2D eigenvalue weighted by atomic mass is 79.9. The van der Waals surface area contributed by atoms with Gasteiger partial charge in [-0.25, -0.2) is 9.59 Å². The molecule has 0 aliphatic rings. The Morgan fingerprint density at radius 3 is 2.61 bits per heavy atom. The van der Waals surface area contributed by atoms with E-state index in [4.69, 9.17) is 13.9 Å². The molecule has 0 saturated carbocycles. The van der Waals surface area contributed by atoms with Gasteiger partial charge in [0.25, 0.3) is 5.91 Å². The number of ether oxygens (including phenoxy) is 2. The van der Waals surface area contributed by atoms with Crippen molar-refractivity contribution in [3.63, 3.8) is 0 Å². The fourth-order valence-electron chi connectivity index (χ4n) is 3.30. The molecule has 168 valence electrons. The van der Waals surface area contributed by atoms with Crippen LogP contribution in [0.1, 0.15) is 15.9 Å². The van der Waals surface area contributed by atoms with E-state index in [0.29, 0.717) is 21.9 Å². The van der Waals surface area contributed by atoms with Crippen molar-refractivity contribution in [1.82, 2.24) is 0 Å². The van der Waals surface area contributed by atoms with E-state index in [9.17, 15) is 14.4 Å². The lowest BCUT2D eigenvalue weighted by molar-refractivity contribution is -0.118. The summed E-state index contributed by atoms with van der Waals surface area (Å²) in [6, 6.07) is 13.9. The minimum absolute atomic E-state index is 0.279. The second-order valence-corrected chi connectivity index (χ2v) is 8.89. The molecule has 0 fully saturated rings. The minimum Gasteiger partial charge on any atom is -0.484 e. The number of halogens is 1. The average Bonchev–Trinajstić information content (AvgIpc) is 3.20. The third-order valence-corrected chi connectivity index (χ3v) is 6.31. The van der Waals surface area contributed by atoms with E-state index in [2.05, 4.69) is 21.2 Å². The number of aryl methyl sites for hydroxylation is 1. The Balaban J connectivity index is 1.51. The van der Waals surface area contributed by atoms with Gasteiger partial charge in [0, 0.05) is 32.9 Å². The summed E-state index contributed by atoms with van der Waals surface area (Å²) in [6.45, 7) is 1.52. The first kappa shape index (κ1) is 22.8. The number of hydrogen-bond donors (Lipinski definition) is 1. The summed E-state index contributed by atoms with van der Waals surface area (Å²) in [7, 11) is 1.29. The zero-order valence-corrected chi connectivity index (χ0v) is 20.0. The Morgan fingerprint density at radius 2 is 1.88 bits per heavy atom. The molecule has 7 nitrogen and oxygen atoms in total. The molecule has 33 heavy (non-hydrogen) atoms. The Kier molecular flexibility index (Phi) is 6.62. The molecule has 0 spiro atoms. The molecule has 1 amide bonds. The predicted octanol–water partition coefficient (Wildman–Crippen LogP) is 5.40. The highest BCUT2D eigenvalue weighted by molar-refractivity contribution is 9.10. The molecule has 0 aliphatic heterocycles. The average molecular weight is 528 g/mol. The zero-order chi connectivity index (χ0) is 23.5. The van der Waals surface area contributed by atoms with E-state index >= 15 is 0 Å². The lowest BCUT2D eigenvalue weighted by Crippen LogP contribution is -2.21. The number of rotatable bonds is 6. The first-order valence-corrected chi connectivity index (χ1v) is 11.5. The van der Waals surface area contributed by atoms with Crippen LogP contribution >= 0.6 is 27.3 Å². The van der Waals surface area contributed by atoms with Crippen LogP contribution in [0.25, 0.3) is 22.1 Å². The number of carbonyl (C=O) groups excluding carboxylic acids is 2. The fraction of sp³-hybridized carbons (Fsp3) is 0.125. The molecular weight excluding hydrogens is 510 g/mol. The van der Waals surface area contributed by atoms with Crippen molar-refractivity contribution in [1.29, 1.82) is 0 Å². The van der Waals surface area contributed by atoms with Crippen LogP contribution in [0.2, 0.25) is 0 Å². The first-order chi connectivity index (χ1) is 15.9. The Morgan fingerprint density at radius 1 is 1.12 bits per heavy atom. The van der Waals surface area contributed by atoms with Gasteiger partial charge in [-0.05, 0) is 42.3 Å². The summed E-state index contributed by atoms with van der Waals surface area (Å²) in [5.41, 5.74) is 2.48. The van der Waals surface area contributed by atoms with Gasteiger partial charge in [-0.3, -0.25) is 4.79 Å². The van der Waals surface area contributed by atoms with Crippen LogP contribution in [0, 0.1) is 6.92 Å². The van der Waals surface area contributed by atoms with Gasteiger partial charge in [-0.15, -0.1) is 11.3 Å². The van der Waals surface area contributed by atoms with Crippen molar-refractivity contribution >= 4 is 55.1 Å². The van der Waals surface area contributed by atoms with E-state index in [1.165, 1.54) is 24.5 Å². The van der Waals surface area contributed by atoms with Crippen LogP contribution in [-0.2, 0) is 9.53 Å². The third kappa shape index (κ3) is 4.99.